The largest absolute Gasteiger partial charge is 0.377 e. The number of hydrogen-bond donors (Lipinski definition) is 2. The molecule has 0 radical (unpaired) electrons. The molecule has 0 spiro atoms. The number of nitrogens with zero attached hydrogens (tertiary/aromatic N) is 4. The maximum Gasteiger partial charge on any atom is 0.270 e. The van der Waals surface area contributed by atoms with E-state index >= 15 is 0 Å². The van der Waals surface area contributed by atoms with E-state index in [0.29, 0.717) is 30.3 Å². The van der Waals surface area contributed by atoms with Crippen molar-refractivity contribution in [3.63, 3.8) is 0 Å². The molecule has 3 saturated heterocycles. The van der Waals surface area contributed by atoms with Gasteiger partial charge in [-0.15, -0.1) is 0 Å². The topological polar surface area (TPSA) is 103 Å². The van der Waals surface area contributed by atoms with Crippen molar-refractivity contribution in [1.82, 2.24) is 25.2 Å². The van der Waals surface area contributed by atoms with Crippen molar-refractivity contribution in [1.29, 1.82) is 0 Å². The molecule has 1 amide bonds. The van der Waals surface area contributed by atoms with Crippen molar-refractivity contribution in [2.75, 3.05) is 44.3 Å². The van der Waals surface area contributed by atoms with Gasteiger partial charge in [0.25, 0.3) is 11.5 Å². The van der Waals surface area contributed by atoms with Crippen molar-refractivity contribution in [2.24, 2.45) is 0 Å². The van der Waals surface area contributed by atoms with E-state index in [1.54, 1.807) is 12.3 Å². The lowest BCUT2D eigenvalue weighted by Gasteiger charge is -2.37. The van der Waals surface area contributed by atoms with Gasteiger partial charge < -0.3 is 19.9 Å². The minimum absolute atomic E-state index is 0.0495. The number of ether oxygens (including phenoxy) is 1. The van der Waals surface area contributed by atoms with Gasteiger partial charge in [-0.05, 0) is 50.1 Å². The van der Waals surface area contributed by atoms with Crippen LogP contribution in [0.2, 0.25) is 0 Å². The second-order valence-corrected chi connectivity index (χ2v) is 9.78. The molecule has 0 aliphatic carbocycles. The first kappa shape index (κ1) is 22.2. The second kappa shape index (κ2) is 9.39. The van der Waals surface area contributed by atoms with E-state index in [-0.39, 0.29) is 23.4 Å². The van der Waals surface area contributed by atoms with Gasteiger partial charge in [-0.25, -0.2) is 9.97 Å². The molecule has 182 valence electrons. The summed E-state index contributed by atoms with van der Waals surface area (Å²) in [5.41, 5.74) is 2.22. The lowest BCUT2D eigenvalue weighted by Crippen LogP contribution is -2.48. The Hall–Kier alpha value is -3.30. The minimum Gasteiger partial charge on any atom is -0.377 e. The van der Waals surface area contributed by atoms with E-state index in [9.17, 15) is 9.59 Å². The predicted molar refractivity (Wildman–Crippen MR) is 133 cm³/mol. The summed E-state index contributed by atoms with van der Waals surface area (Å²) < 4.78 is 5.10. The SMILES string of the molecule is O=C(NC1COC1)c1ccc(N2CCC(N3CCC(c4nc5ccccc5c(=O)[nH]4)C3)CC2)cn1. The van der Waals surface area contributed by atoms with Gasteiger partial charge in [0.15, 0.2) is 0 Å². The molecule has 1 atom stereocenters. The Labute approximate surface area is 203 Å². The summed E-state index contributed by atoms with van der Waals surface area (Å²) >= 11 is 0. The number of aromatic amines is 1. The number of H-pyrrole nitrogens is 1. The number of fused-ring (bicyclic) bond motifs is 1. The first-order valence-electron chi connectivity index (χ1n) is 12.5. The number of carbonyl (C=O) groups is 1. The number of likely N-dealkylation sites (tertiary alicyclic amines) is 1. The zero-order chi connectivity index (χ0) is 23.8. The molecule has 9 nitrogen and oxygen atoms in total. The number of para-hydroxylation sites is 1. The molecule has 2 aromatic heterocycles. The fourth-order valence-electron chi connectivity index (χ4n) is 5.42. The lowest BCUT2D eigenvalue weighted by atomic mass is 10.0. The van der Waals surface area contributed by atoms with Gasteiger partial charge in [0.1, 0.15) is 11.5 Å². The Bertz CT molecular complexity index is 1260. The van der Waals surface area contributed by atoms with Crippen LogP contribution in [0.4, 0.5) is 5.69 Å². The molecule has 35 heavy (non-hydrogen) atoms. The van der Waals surface area contributed by atoms with Gasteiger partial charge in [-0.1, -0.05) is 12.1 Å². The zero-order valence-corrected chi connectivity index (χ0v) is 19.7. The highest BCUT2D eigenvalue weighted by Crippen LogP contribution is 2.30. The van der Waals surface area contributed by atoms with Gasteiger partial charge in [0, 0.05) is 31.6 Å². The predicted octanol–water partition coefficient (Wildman–Crippen LogP) is 1.90. The van der Waals surface area contributed by atoms with Crippen LogP contribution >= 0.6 is 0 Å². The zero-order valence-electron chi connectivity index (χ0n) is 19.7. The smallest absolute Gasteiger partial charge is 0.270 e. The Balaban J connectivity index is 1.04. The van der Waals surface area contributed by atoms with E-state index < -0.39 is 0 Å². The number of amides is 1. The highest BCUT2D eigenvalue weighted by molar-refractivity contribution is 5.92. The Morgan fingerprint density at radius 2 is 1.89 bits per heavy atom. The fourth-order valence-corrected chi connectivity index (χ4v) is 5.42. The molecule has 0 saturated carbocycles. The van der Waals surface area contributed by atoms with Crippen LogP contribution in [0, 0.1) is 0 Å². The van der Waals surface area contributed by atoms with Crippen LogP contribution in [0.3, 0.4) is 0 Å². The van der Waals surface area contributed by atoms with Crippen LogP contribution in [0.25, 0.3) is 10.9 Å². The molecule has 3 aliphatic heterocycles. The molecule has 3 fully saturated rings. The minimum atomic E-state index is -0.144. The number of hydrogen-bond acceptors (Lipinski definition) is 7. The highest BCUT2D eigenvalue weighted by atomic mass is 16.5. The van der Waals surface area contributed by atoms with Crippen molar-refractivity contribution in [3.8, 4) is 0 Å². The van der Waals surface area contributed by atoms with E-state index in [1.807, 2.05) is 30.3 Å². The van der Waals surface area contributed by atoms with Crippen LogP contribution in [0.5, 0.6) is 0 Å². The van der Waals surface area contributed by atoms with Crippen molar-refractivity contribution < 1.29 is 9.53 Å². The number of anilines is 1. The molecular weight excluding hydrogens is 444 g/mol. The molecule has 1 unspecified atom stereocenters. The van der Waals surface area contributed by atoms with Crippen LogP contribution in [-0.4, -0.2) is 77.2 Å². The van der Waals surface area contributed by atoms with E-state index in [4.69, 9.17) is 9.72 Å². The Morgan fingerprint density at radius 3 is 2.63 bits per heavy atom. The molecule has 6 rings (SSSR count). The van der Waals surface area contributed by atoms with Gasteiger partial charge in [0.2, 0.25) is 0 Å². The number of rotatable bonds is 5. The second-order valence-electron chi connectivity index (χ2n) is 9.78. The number of pyridine rings is 1. The van der Waals surface area contributed by atoms with E-state index in [0.717, 1.165) is 62.5 Å². The maximum absolute atomic E-state index is 12.5. The summed E-state index contributed by atoms with van der Waals surface area (Å²) in [5.74, 6) is 0.933. The van der Waals surface area contributed by atoms with E-state index in [1.165, 1.54) is 0 Å². The molecule has 3 aromatic rings. The summed E-state index contributed by atoms with van der Waals surface area (Å²) in [5, 5.41) is 3.57. The molecule has 0 bridgehead atoms. The van der Waals surface area contributed by atoms with Crippen molar-refractivity contribution in [3.05, 3.63) is 64.5 Å². The molecular formula is C26H30N6O3. The summed E-state index contributed by atoms with van der Waals surface area (Å²) in [6.07, 6.45) is 4.98. The molecule has 3 aliphatic rings. The molecule has 5 heterocycles. The normalized spacial score (nSPS) is 21.8. The average molecular weight is 475 g/mol. The molecule has 1 aromatic carbocycles. The van der Waals surface area contributed by atoms with Gasteiger partial charge in [0.05, 0.1) is 42.0 Å². The van der Waals surface area contributed by atoms with Gasteiger partial charge in [-0.3, -0.25) is 14.5 Å². The van der Waals surface area contributed by atoms with Crippen LogP contribution in [0.15, 0.2) is 47.4 Å². The number of aromatic nitrogens is 3. The third-order valence-electron chi connectivity index (χ3n) is 7.54. The van der Waals surface area contributed by atoms with Crippen LogP contribution in [-0.2, 0) is 4.74 Å². The number of benzene rings is 1. The molecule has 2 N–H and O–H groups in total. The quantitative estimate of drug-likeness (QED) is 0.582. The van der Waals surface area contributed by atoms with Crippen molar-refractivity contribution >= 4 is 22.5 Å². The number of carbonyl (C=O) groups excluding carboxylic acids is 1. The van der Waals surface area contributed by atoms with E-state index in [2.05, 4.69) is 25.1 Å². The monoisotopic (exact) mass is 474 g/mol. The van der Waals surface area contributed by atoms with Crippen LogP contribution in [0.1, 0.15) is 41.5 Å². The summed E-state index contributed by atoms with van der Waals surface area (Å²) in [7, 11) is 0. The third kappa shape index (κ3) is 4.53. The first-order chi connectivity index (χ1) is 17.1. The third-order valence-corrected chi connectivity index (χ3v) is 7.54. The fraction of sp³-hybridized carbons (Fsp3) is 0.462. The summed E-state index contributed by atoms with van der Waals surface area (Å²) in [4.78, 5) is 41.8. The first-order valence-corrected chi connectivity index (χ1v) is 12.5. The Kier molecular flexibility index (Phi) is 5.95. The Morgan fingerprint density at radius 1 is 1.06 bits per heavy atom. The highest BCUT2D eigenvalue weighted by Gasteiger charge is 2.32. The maximum atomic E-state index is 12.5. The van der Waals surface area contributed by atoms with Crippen LogP contribution < -0.4 is 15.8 Å². The average Bonchev–Trinajstić information content (AvgIpc) is 3.37. The van der Waals surface area contributed by atoms with Crippen molar-refractivity contribution in [2.45, 2.75) is 37.3 Å². The van der Waals surface area contributed by atoms with Gasteiger partial charge >= 0.3 is 0 Å². The lowest BCUT2D eigenvalue weighted by molar-refractivity contribution is -0.00354. The summed E-state index contributed by atoms with van der Waals surface area (Å²) in [6, 6.07) is 12.0. The number of piperidine rings is 1. The van der Waals surface area contributed by atoms with Gasteiger partial charge in [-0.2, -0.15) is 0 Å². The molecule has 9 heteroatoms. The standard InChI is InChI=1S/C26H30N6O3/c33-25-21-3-1-2-4-22(21)29-24(30-25)17-7-10-32(14-17)19-8-11-31(12-9-19)20-5-6-23(27-13-20)26(34)28-18-15-35-16-18/h1-6,13,17-19H,7-12,14-16H2,(H,28,34)(H,29,30,33). The number of nitrogens with one attached hydrogen (secondary N) is 2. The summed E-state index contributed by atoms with van der Waals surface area (Å²) in [6.45, 7) is 5.04.